The van der Waals surface area contributed by atoms with Gasteiger partial charge in [0.05, 0.1) is 12.2 Å². The van der Waals surface area contributed by atoms with E-state index in [2.05, 4.69) is 21.7 Å². The number of aromatic nitrogens is 2. The van der Waals surface area contributed by atoms with E-state index in [1.165, 1.54) is 18.9 Å². The number of alkyl halides is 1. The number of nitrogens with zero attached hydrogens (tertiary/aromatic N) is 3. The summed E-state index contributed by atoms with van der Waals surface area (Å²) in [7, 11) is -2.28. The molecule has 0 spiro atoms. The summed E-state index contributed by atoms with van der Waals surface area (Å²) in [5, 5.41) is 0. The average Bonchev–Trinajstić information content (AvgIpc) is 2.80. The van der Waals surface area contributed by atoms with E-state index in [9.17, 15) is 18.6 Å². The lowest BCUT2D eigenvalue weighted by Crippen LogP contribution is -2.39. The number of rotatable bonds is 6. The molecular weight excluding hydrogens is 368 g/mol. The van der Waals surface area contributed by atoms with Gasteiger partial charge in [0, 0.05) is 19.6 Å². The van der Waals surface area contributed by atoms with E-state index in [0.717, 1.165) is 6.66 Å². The van der Waals surface area contributed by atoms with Crippen LogP contribution in [0.1, 0.15) is 13.8 Å². The number of aliphatic imine (C=N–C) groups is 1. The highest BCUT2D eigenvalue weighted by Crippen LogP contribution is 2.43. The Bertz CT molecular complexity index is 783. The Morgan fingerprint density at radius 1 is 1.62 bits per heavy atom. The standard InChI is InChI=1S/C14H23FN5O5P/c1-6-8(15)13(24-10(6)7(2)25-26(5,22)23)20(4)11-9(17-3)12(21)19-14(16)18-11/h6-8,10,13H,3H2,1-2,4-5H3,(H,22,23)(H3,16,18,19,21). The second kappa shape index (κ2) is 7.43. The third-order valence-electron chi connectivity index (χ3n) is 4.18. The number of ether oxygens (including phenoxy) is 1. The van der Waals surface area contributed by atoms with E-state index >= 15 is 0 Å². The predicted molar refractivity (Wildman–Crippen MR) is 95.9 cm³/mol. The molecule has 1 fully saturated rings. The molecule has 4 N–H and O–H groups in total. The summed E-state index contributed by atoms with van der Waals surface area (Å²) in [5.74, 6) is -0.784. The summed E-state index contributed by atoms with van der Waals surface area (Å²) in [4.78, 5) is 32.5. The molecule has 6 atom stereocenters. The molecule has 1 aromatic heterocycles. The quantitative estimate of drug-likeness (QED) is 0.482. The van der Waals surface area contributed by atoms with Gasteiger partial charge in [-0.05, 0) is 13.6 Å². The maximum absolute atomic E-state index is 14.9. The third kappa shape index (κ3) is 4.12. The van der Waals surface area contributed by atoms with Crippen LogP contribution in [0.2, 0.25) is 0 Å². The first-order chi connectivity index (χ1) is 12.0. The van der Waals surface area contributed by atoms with Crippen molar-refractivity contribution in [3.05, 3.63) is 10.4 Å². The average molecular weight is 391 g/mol. The van der Waals surface area contributed by atoms with Gasteiger partial charge in [0.25, 0.3) is 5.56 Å². The van der Waals surface area contributed by atoms with Crippen molar-refractivity contribution in [2.75, 3.05) is 24.3 Å². The lowest BCUT2D eigenvalue weighted by molar-refractivity contribution is -0.0318. The maximum Gasteiger partial charge on any atom is 0.325 e. The molecule has 26 heavy (non-hydrogen) atoms. The fraction of sp³-hybridized carbons (Fsp3) is 0.643. The van der Waals surface area contributed by atoms with Gasteiger partial charge in [-0.1, -0.05) is 6.92 Å². The fourth-order valence-corrected chi connectivity index (χ4v) is 3.73. The maximum atomic E-state index is 14.9. The molecular formula is C14H23FN5O5P. The van der Waals surface area contributed by atoms with Gasteiger partial charge in [0.1, 0.15) is 6.17 Å². The van der Waals surface area contributed by atoms with Gasteiger partial charge in [-0.2, -0.15) is 4.98 Å². The van der Waals surface area contributed by atoms with Gasteiger partial charge in [-0.15, -0.1) is 0 Å². The van der Waals surface area contributed by atoms with Gasteiger partial charge in [0.2, 0.25) is 5.95 Å². The van der Waals surface area contributed by atoms with Gasteiger partial charge < -0.3 is 24.8 Å². The Morgan fingerprint density at radius 3 is 2.77 bits per heavy atom. The number of nitrogens with one attached hydrogen (secondary N) is 1. The summed E-state index contributed by atoms with van der Waals surface area (Å²) in [6.45, 7) is 7.50. The SMILES string of the molecule is C=Nc1c(N(C)C2OC(C(C)OP(C)(=O)O)C(C)C2F)nc(N)[nH]c1=O. The zero-order valence-electron chi connectivity index (χ0n) is 14.9. The Balaban J connectivity index is 2.31. The summed E-state index contributed by atoms with van der Waals surface area (Å²) >= 11 is 0. The van der Waals surface area contributed by atoms with E-state index in [1.807, 2.05) is 0 Å². The number of halogens is 1. The lowest BCUT2D eigenvalue weighted by atomic mass is 9.98. The Hall–Kier alpha value is -1.81. The van der Waals surface area contributed by atoms with Crippen molar-refractivity contribution in [2.45, 2.75) is 38.5 Å². The van der Waals surface area contributed by atoms with Crippen LogP contribution in [0.4, 0.5) is 21.8 Å². The van der Waals surface area contributed by atoms with Crippen LogP contribution in [0.15, 0.2) is 9.79 Å². The fourth-order valence-electron chi connectivity index (χ4n) is 2.99. The number of hydrogen-bond donors (Lipinski definition) is 3. The van der Waals surface area contributed by atoms with Crippen LogP contribution in [0.3, 0.4) is 0 Å². The molecule has 0 aromatic carbocycles. The number of aromatic amines is 1. The first-order valence-electron chi connectivity index (χ1n) is 7.83. The van der Waals surface area contributed by atoms with Gasteiger partial charge >= 0.3 is 7.60 Å². The molecule has 10 nitrogen and oxygen atoms in total. The number of H-pyrrole nitrogens is 1. The zero-order valence-corrected chi connectivity index (χ0v) is 15.8. The summed E-state index contributed by atoms with van der Waals surface area (Å²) < 4.78 is 37.1. The Kier molecular flexibility index (Phi) is 5.86. The largest absolute Gasteiger partial charge is 0.369 e. The Labute approximate surface area is 149 Å². The van der Waals surface area contributed by atoms with Crippen LogP contribution in [-0.2, 0) is 13.8 Å². The highest BCUT2D eigenvalue weighted by atomic mass is 31.2. The van der Waals surface area contributed by atoms with Crippen molar-refractivity contribution in [1.29, 1.82) is 0 Å². The van der Waals surface area contributed by atoms with Crippen LogP contribution in [0.5, 0.6) is 0 Å². The lowest BCUT2D eigenvalue weighted by Gasteiger charge is -2.28. The van der Waals surface area contributed by atoms with E-state index < -0.39 is 43.7 Å². The van der Waals surface area contributed by atoms with E-state index in [1.54, 1.807) is 6.92 Å². The molecule has 1 aliphatic rings. The van der Waals surface area contributed by atoms with Crippen molar-refractivity contribution in [3.8, 4) is 0 Å². The molecule has 0 aliphatic carbocycles. The third-order valence-corrected chi connectivity index (χ3v) is 4.91. The molecule has 0 radical (unpaired) electrons. The number of nitrogen functional groups attached to an aromatic ring is 1. The molecule has 1 aliphatic heterocycles. The van der Waals surface area contributed by atoms with Gasteiger partial charge in [0.15, 0.2) is 17.7 Å². The van der Waals surface area contributed by atoms with Crippen LogP contribution in [0, 0.1) is 5.92 Å². The molecule has 12 heteroatoms. The normalized spacial score (nSPS) is 29.2. The molecule has 146 valence electrons. The number of hydrogen-bond acceptors (Lipinski definition) is 8. The van der Waals surface area contributed by atoms with Gasteiger partial charge in [-0.25, -0.2) is 4.39 Å². The smallest absolute Gasteiger partial charge is 0.325 e. The monoisotopic (exact) mass is 391 g/mol. The minimum absolute atomic E-state index is 0.0126. The van der Waals surface area contributed by atoms with Crippen molar-refractivity contribution in [3.63, 3.8) is 0 Å². The first kappa shape index (κ1) is 20.5. The first-order valence-corrected chi connectivity index (χ1v) is 9.86. The molecule has 6 unspecified atom stereocenters. The van der Waals surface area contributed by atoms with E-state index in [0.29, 0.717) is 0 Å². The molecule has 2 heterocycles. The summed E-state index contributed by atoms with van der Waals surface area (Å²) in [5.41, 5.74) is 4.82. The second-order valence-corrected chi connectivity index (χ2v) is 8.12. The molecule has 1 aromatic rings. The topological polar surface area (TPSA) is 143 Å². The predicted octanol–water partition coefficient (Wildman–Crippen LogP) is 1.04. The number of nitrogens with two attached hydrogens (primary N) is 1. The summed E-state index contributed by atoms with van der Waals surface area (Å²) in [6.07, 6.45) is -4.20. The zero-order chi connectivity index (χ0) is 19.8. The van der Waals surface area contributed by atoms with Crippen molar-refractivity contribution in [1.82, 2.24) is 9.97 Å². The van der Waals surface area contributed by atoms with E-state index in [-0.39, 0.29) is 17.5 Å². The van der Waals surface area contributed by atoms with Gasteiger partial charge in [-0.3, -0.25) is 19.3 Å². The highest BCUT2D eigenvalue weighted by Gasteiger charge is 2.48. The molecule has 1 saturated heterocycles. The molecule has 2 rings (SSSR count). The molecule has 0 bridgehead atoms. The summed E-state index contributed by atoms with van der Waals surface area (Å²) in [6, 6.07) is 0. The van der Waals surface area contributed by atoms with Crippen molar-refractivity contribution >= 4 is 31.8 Å². The van der Waals surface area contributed by atoms with Crippen LogP contribution >= 0.6 is 7.60 Å². The van der Waals surface area contributed by atoms with Crippen molar-refractivity contribution in [2.24, 2.45) is 10.9 Å². The number of anilines is 2. The van der Waals surface area contributed by atoms with Crippen LogP contribution in [0.25, 0.3) is 0 Å². The van der Waals surface area contributed by atoms with E-state index in [4.69, 9.17) is 15.0 Å². The van der Waals surface area contributed by atoms with Crippen molar-refractivity contribution < 1.29 is 23.1 Å². The molecule has 0 amide bonds. The second-order valence-electron chi connectivity index (χ2n) is 6.30. The van der Waals surface area contributed by atoms with Crippen LogP contribution < -0.4 is 16.2 Å². The minimum atomic E-state index is -3.76. The van der Waals surface area contributed by atoms with Crippen LogP contribution in [-0.4, -0.2) is 59.9 Å². The molecule has 0 saturated carbocycles. The highest BCUT2D eigenvalue weighted by molar-refractivity contribution is 7.51. The Morgan fingerprint density at radius 2 is 2.23 bits per heavy atom. The minimum Gasteiger partial charge on any atom is -0.369 e.